The number of aromatic nitrogens is 2. The monoisotopic (exact) mass is 343 g/mol. The molecule has 2 aliphatic rings. The predicted molar refractivity (Wildman–Crippen MR) is 95.8 cm³/mol. The fourth-order valence-corrected chi connectivity index (χ4v) is 4.20. The quantitative estimate of drug-likeness (QED) is 0.878. The first-order valence-corrected chi connectivity index (χ1v) is 9.26. The van der Waals surface area contributed by atoms with Gasteiger partial charge in [-0.15, -0.1) is 0 Å². The molecule has 2 aromatic rings. The van der Waals surface area contributed by atoms with Crippen LogP contribution in [0.3, 0.4) is 0 Å². The minimum atomic E-state index is -0.468. The van der Waals surface area contributed by atoms with Gasteiger partial charge < -0.3 is 15.0 Å². The molecule has 2 N–H and O–H groups in total. The fourth-order valence-electron chi connectivity index (χ4n) is 4.20. The van der Waals surface area contributed by atoms with Crippen molar-refractivity contribution in [2.75, 3.05) is 13.1 Å². The Morgan fingerprint density at radius 3 is 2.72 bits per heavy atom. The Bertz CT molecular complexity index is 847. The summed E-state index contributed by atoms with van der Waals surface area (Å²) in [5.41, 5.74) is 2.07. The second kappa shape index (κ2) is 6.33. The Balaban J connectivity index is 1.63. The maximum atomic E-state index is 12.8. The molecule has 0 spiro atoms. The van der Waals surface area contributed by atoms with E-state index in [2.05, 4.69) is 4.98 Å². The Hall–Kier alpha value is -2.08. The van der Waals surface area contributed by atoms with Gasteiger partial charge in [-0.1, -0.05) is 19.8 Å². The highest BCUT2D eigenvalue weighted by Crippen LogP contribution is 2.31. The normalized spacial score (nSPS) is 25.0. The van der Waals surface area contributed by atoms with Gasteiger partial charge in [-0.25, -0.2) is 4.79 Å². The summed E-state index contributed by atoms with van der Waals surface area (Å²) in [6.45, 7) is 3.04. The zero-order valence-electron chi connectivity index (χ0n) is 14.6. The van der Waals surface area contributed by atoms with Crippen molar-refractivity contribution in [3.63, 3.8) is 0 Å². The summed E-state index contributed by atoms with van der Waals surface area (Å²) < 4.78 is 1.85. The molecule has 6 nitrogen and oxygen atoms in total. The summed E-state index contributed by atoms with van der Waals surface area (Å²) >= 11 is 0. The average molecular weight is 343 g/mol. The average Bonchev–Trinajstić information content (AvgIpc) is 3.22. The number of imidazole rings is 1. The molecule has 1 saturated carbocycles. The molecule has 0 radical (unpaired) electrons. The van der Waals surface area contributed by atoms with Crippen molar-refractivity contribution >= 4 is 16.9 Å². The second-order valence-corrected chi connectivity index (χ2v) is 7.55. The van der Waals surface area contributed by atoms with Gasteiger partial charge in [0.25, 0.3) is 5.91 Å². The maximum Gasteiger partial charge on any atom is 0.326 e. The van der Waals surface area contributed by atoms with Crippen LogP contribution >= 0.6 is 0 Å². The lowest BCUT2D eigenvalue weighted by molar-refractivity contribution is 0.0249. The van der Waals surface area contributed by atoms with Crippen LogP contribution < -0.4 is 5.69 Å². The summed E-state index contributed by atoms with van der Waals surface area (Å²) in [6, 6.07) is 5.71. The number of aliphatic hydroxyl groups excluding tert-OH is 1. The Morgan fingerprint density at radius 1 is 1.24 bits per heavy atom. The van der Waals surface area contributed by atoms with Gasteiger partial charge in [0.15, 0.2) is 0 Å². The summed E-state index contributed by atoms with van der Waals surface area (Å²) in [7, 11) is 0. The van der Waals surface area contributed by atoms with Gasteiger partial charge in [0.1, 0.15) is 0 Å². The highest BCUT2D eigenvalue weighted by molar-refractivity contribution is 5.97. The Morgan fingerprint density at radius 2 is 2.00 bits per heavy atom. The van der Waals surface area contributed by atoms with E-state index in [1.165, 1.54) is 0 Å². The molecule has 134 valence electrons. The summed E-state index contributed by atoms with van der Waals surface area (Å²) in [6.07, 6.45) is 4.75. The molecule has 1 aliphatic carbocycles. The summed E-state index contributed by atoms with van der Waals surface area (Å²) in [5.74, 6) is 0.144. The minimum absolute atomic E-state index is 0.0812. The smallest absolute Gasteiger partial charge is 0.326 e. The maximum absolute atomic E-state index is 12.8. The molecule has 1 aliphatic heterocycles. The minimum Gasteiger partial charge on any atom is -0.391 e. The molecule has 1 amide bonds. The van der Waals surface area contributed by atoms with Crippen molar-refractivity contribution in [1.82, 2.24) is 14.5 Å². The van der Waals surface area contributed by atoms with Crippen molar-refractivity contribution in [2.24, 2.45) is 5.92 Å². The number of aliphatic hydroxyl groups is 1. The second-order valence-electron chi connectivity index (χ2n) is 7.55. The van der Waals surface area contributed by atoms with E-state index in [1.807, 2.05) is 17.6 Å². The first-order valence-electron chi connectivity index (χ1n) is 9.26. The number of fused-ring (bicyclic) bond motifs is 1. The molecular formula is C19H25N3O3. The molecule has 1 aromatic carbocycles. The largest absolute Gasteiger partial charge is 0.391 e. The van der Waals surface area contributed by atoms with Crippen LogP contribution in [0.25, 0.3) is 11.0 Å². The Kier molecular flexibility index (Phi) is 4.15. The van der Waals surface area contributed by atoms with Crippen molar-refractivity contribution in [1.29, 1.82) is 0 Å². The van der Waals surface area contributed by atoms with E-state index in [0.29, 0.717) is 24.2 Å². The standard InChI is InChI=1S/C19H25N3O3/c1-12-8-9-21(11-17(12)23)18(24)13-6-7-16-15(10-13)20-19(25)22(16)14-4-2-3-5-14/h6-7,10,12,14,17,23H,2-5,8-9,11H2,1H3,(H,20,25). The van der Waals surface area contributed by atoms with Gasteiger partial charge >= 0.3 is 5.69 Å². The van der Waals surface area contributed by atoms with Crippen LogP contribution in [0, 0.1) is 5.92 Å². The zero-order chi connectivity index (χ0) is 17.6. The van der Waals surface area contributed by atoms with E-state index in [4.69, 9.17) is 0 Å². The van der Waals surface area contributed by atoms with E-state index in [0.717, 1.165) is 37.6 Å². The number of carbonyl (C=O) groups is 1. The van der Waals surface area contributed by atoms with Gasteiger partial charge in [0, 0.05) is 24.7 Å². The zero-order valence-corrected chi connectivity index (χ0v) is 14.6. The molecule has 25 heavy (non-hydrogen) atoms. The number of carbonyl (C=O) groups excluding carboxylic acids is 1. The first-order chi connectivity index (χ1) is 12.0. The molecule has 2 atom stereocenters. The lowest BCUT2D eigenvalue weighted by Crippen LogP contribution is -2.45. The molecule has 2 fully saturated rings. The number of hydrogen-bond donors (Lipinski definition) is 2. The van der Waals surface area contributed by atoms with Crippen LogP contribution in [0.5, 0.6) is 0 Å². The number of rotatable bonds is 2. The SMILES string of the molecule is CC1CCN(C(=O)c2ccc3c(c2)[nH]c(=O)n3C2CCCC2)CC1O. The van der Waals surface area contributed by atoms with Gasteiger partial charge in [-0.05, 0) is 43.4 Å². The van der Waals surface area contributed by atoms with Gasteiger partial charge in [-0.3, -0.25) is 9.36 Å². The highest BCUT2D eigenvalue weighted by atomic mass is 16.3. The molecule has 1 aromatic heterocycles. The van der Waals surface area contributed by atoms with Crippen molar-refractivity contribution < 1.29 is 9.90 Å². The predicted octanol–water partition coefficient (Wildman–Crippen LogP) is 2.29. The van der Waals surface area contributed by atoms with Crippen LogP contribution in [0.15, 0.2) is 23.0 Å². The van der Waals surface area contributed by atoms with E-state index in [-0.39, 0.29) is 23.6 Å². The van der Waals surface area contributed by atoms with E-state index in [1.54, 1.807) is 17.0 Å². The van der Waals surface area contributed by atoms with E-state index < -0.39 is 6.10 Å². The number of aromatic amines is 1. The molecule has 4 rings (SSSR count). The molecular weight excluding hydrogens is 318 g/mol. The first kappa shape index (κ1) is 16.4. The number of nitrogens with one attached hydrogen (secondary N) is 1. The van der Waals surface area contributed by atoms with E-state index >= 15 is 0 Å². The van der Waals surface area contributed by atoms with Crippen LogP contribution in [0.1, 0.15) is 55.4 Å². The topological polar surface area (TPSA) is 78.3 Å². The number of likely N-dealkylation sites (tertiary alicyclic amines) is 1. The fraction of sp³-hybridized carbons (Fsp3) is 0.579. The van der Waals surface area contributed by atoms with Crippen molar-refractivity contribution in [3.05, 3.63) is 34.2 Å². The number of amides is 1. The third-order valence-corrected chi connectivity index (χ3v) is 5.86. The number of β-amino-alcohol motifs (C(OH)–C–C–N with tert-alkyl or cyclic N) is 1. The van der Waals surface area contributed by atoms with Gasteiger partial charge in [0.2, 0.25) is 0 Å². The van der Waals surface area contributed by atoms with Gasteiger partial charge in [0.05, 0.1) is 17.1 Å². The number of hydrogen-bond acceptors (Lipinski definition) is 3. The third kappa shape index (κ3) is 2.88. The van der Waals surface area contributed by atoms with Crippen LogP contribution in [0.4, 0.5) is 0 Å². The van der Waals surface area contributed by atoms with E-state index in [9.17, 15) is 14.7 Å². The molecule has 1 saturated heterocycles. The lowest BCUT2D eigenvalue weighted by Gasteiger charge is -2.34. The molecule has 0 bridgehead atoms. The van der Waals surface area contributed by atoms with Gasteiger partial charge in [-0.2, -0.15) is 0 Å². The number of benzene rings is 1. The van der Waals surface area contributed by atoms with Crippen LogP contribution in [-0.2, 0) is 0 Å². The molecule has 6 heteroatoms. The highest BCUT2D eigenvalue weighted by Gasteiger charge is 2.28. The van der Waals surface area contributed by atoms with Crippen LogP contribution in [0.2, 0.25) is 0 Å². The third-order valence-electron chi connectivity index (χ3n) is 5.86. The number of nitrogens with zero attached hydrogens (tertiary/aromatic N) is 2. The summed E-state index contributed by atoms with van der Waals surface area (Å²) in [4.78, 5) is 29.7. The molecule has 2 unspecified atom stereocenters. The van der Waals surface area contributed by atoms with Crippen molar-refractivity contribution in [3.8, 4) is 0 Å². The number of piperidine rings is 1. The number of H-pyrrole nitrogens is 1. The summed E-state index contributed by atoms with van der Waals surface area (Å²) in [5, 5.41) is 10.0. The lowest BCUT2D eigenvalue weighted by atomic mass is 9.95. The Labute approximate surface area is 146 Å². The van der Waals surface area contributed by atoms with Crippen LogP contribution in [-0.4, -0.2) is 44.7 Å². The molecule has 2 heterocycles. The van der Waals surface area contributed by atoms with Crippen molar-refractivity contribution in [2.45, 2.75) is 51.2 Å².